The van der Waals surface area contributed by atoms with Crippen LogP contribution in [0.25, 0.3) is 22.2 Å². The largest absolute Gasteiger partial charge is 0.340 e. The Kier molecular flexibility index (Phi) is 6.32. The van der Waals surface area contributed by atoms with Crippen molar-refractivity contribution in [3.8, 4) is 11.3 Å². The number of rotatable bonds is 5. The molecule has 2 aromatic carbocycles. The van der Waals surface area contributed by atoms with Gasteiger partial charge in [0.05, 0.1) is 11.4 Å². The first-order valence-corrected chi connectivity index (χ1v) is 14.8. The van der Waals surface area contributed by atoms with E-state index >= 15 is 0 Å². The van der Waals surface area contributed by atoms with Crippen LogP contribution < -0.4 is 4.72 Å². The zero-order valence-electron chi connectivity index (χ0n) is 20.8. The first-order valence-electron chi connectivity index (χ1n) is 13.2. The Balaban J connectivity index is 1.42. The summed E-state index contributed by atoms with van der Waals surface area (Å²) in [5, 5.41) is 1.17. The summed E-state index contributed by atoms with van der Waals surface area (Å²) in [5.41, 5.74) is 6.92. The molecule has 1 saturated carbocycles. The maximum absolute atomic E-state index is 13.1. The molecule has 0 atom stereocenters. The zero-order valence-corrected chi connectivity index (χ0v) is 21.6. The molecular formula is C30H31N3O3S. The minimum atomic E-state index is -3.82. The van der Waals surface area contributed by atoms with Crippen molar-refractivity contribution in [3.05, 3.63) is 89.2 Å². The van der Waals surface area contributed by atoms with Crippen molar-refractivity contribution in [1.82, 2.24) is 14.3 Å². The van der Waals surface area contributed by atoms with Crippen molar-refractivity contribution in [2.24, 2.45) is 0 Å². The average Bonchev–Trinajstić information content (AvgIpc) is 3.10. The zero-order chi connectivity index (χ0) is 25.4. The Morgan fingerprint density at radius 1 is 0.973 bits per heavy atom. The van der Waals surface area contributed by atoms with Gasteiger partial charge in [-0.25, -0.2) is 13.1 Å². The summed E-state index contributed by atoms with van der Waals surface area (Å²) in [5.74, 6) is -0.356. The predicted octanol–water partition coefficient (Wildman–Crippen LogP) is 5.96. The van der Waals surface area contributed by atoms with E-state index in [1.54, 1.807) is 30.3 Å². The number of aromatic nitrogens is 2. The van der Waals surface area contributed by atoms with Gasteiger partial charge in [-0.1, -0.05) is 55.7 Å². The quantitative estimate of drug-likeness (QED) is 0.357. The van der Waals surface area contributed by atoms with E-state index in [-0.39, 0.29) is 5.75 Å². The lowest BCUT2D eigenvalue weighted by molar-refractivity contribution is 0.0981. The summed E-state index contributed by atoms with van der Waals surface area (Å²) >= 11 is 0. The highest BCUT2D eigenvalue weighted by Crippen LogP contribution is 2.45. The van der Waals surface area contributed by atoms with Crippen LogP contribution in [0.15, 0.2) is 66.9 Å². The second-order valence-corrected chi connectivity index (χ2v) is 12.0. The lowest BCUT2D eigenvalue weighted by Gasteiger charge is -2.23. The molecule has 0 saturated heterocycles. The topological polar surface area (TPSA) is 81.1 Å². The summed E-state index contributed by atoms with van der Waals surface area (Å²) < 4.78 is 30.1. The molecule has 2 aliphatic rings. The van der Waals surface area contributed by atoms with E-state index in [2.05, 4.69) is 15.4 Å². The average molecular weight is 514 g/mol. The minimum Gasteiger partial charge on any atom is -0.340 e. The van der Waals surface area contributed by atoms with E-state index in [0.29, 0.717) is 17.0 Å². The third-order valence-electron chi connectivity index (χ3n) is 7.77. The van der Waals surface area contributed by atoms with Crippen molar-refractivity contribution in [3.63, 3.8) is 0 Å². The molecule has 3 heterocycles. The van der Waals surface area contributed by atoms with E-state index < -0.39 is 15.9 Å². The molecule has 7 heteroatoms. The van der Waals surface area contributed by atoms with Crippen molar-refractivity contribution in [1.29, 1.82) is 0 Å². The van der Waals surface area contributed by atoms with Gasteiger partial charge in [-0.3, -0.25) is 9.78 Å². The summed E-state index contributed by atoms with van der Waals surface area (Å²) in [6.07, 6.45) is 9.84. The van der Waals surface area contributed by atoms with Crippen LogP contribution in [0.5, 0.6) is 0 Å². The molecule has 0 unspecified atom stereocenters. The third kappa shape index (κ3) is 4.68. The Morgan fingerprint density at radius 3 is 2.59 bits per heavy atom. The number of sulfonamides is 1. The lowest BCUT2D eigenvalue weighted by atomic mass is 9.81. The number of fused-ring (bicyclic) bond motifs is 5. The number of amides is 1. The van der Waals surface area contributed by atoms with Crippen LogP contribution in [0.2, 0.25) is 0 Å². The first-order chi connectivity index (χ1) is 18.0. The van der Waals surface area contributed by atoms with Crippen LogP contribution >= 0.6 is 0 Å². The van der Waals surface area contributed by atoms with Crippen LogP contribution in [0.1, 0.15) is 71.6 Å². The van der Waals surface area contributed by atoms with Crippen molar-refractivity contribution >= 4 is 26.8 Å². The molecule has 1 fully saturated rings. The number of nitrogens with zero attached hydrogens (tertiary/aromatic N) is 2. The fourth-order valence-electron chi connectivity index (χ4n) is 6.13. The van der Waals surface area contributed by atoms with Gasteiger partial charge in [-0.2, -0.15) is 0 Å². The van der Waals surface area contributed by atoms with Crippen molar-refractivity contribution in [2.45, 2.75) is 63.2 Å². The molecule has 37 heavy (non-hydrogen) atoms. The predicted molar refractivity (Wildman–Crippen MR) is 146 cm³/mol. The normalized spacial score (nSPS) is 16.1. The number of hydrogen-bond acceptors (Lipinski definition) is 4. The van der Waals surface area contributed by atoms with Gasteiger partial charge in [0.2, 0.25) is 10.0 Å². The number of pyridine rings is 1. The third-order valence-corrected chi connectivity index (χ3v) is 8.98. The Morgan fingerprint density at radius 2 is 1.78 bits per heavy atom. The van der Waals surface area contributed by atoms with E-state index in [1.807, 2.05) is 30.5 Å². The van der Waals surface area contributed by atoms with Gasteiger partial charge in [-0.05, 0) is 67.0 Å². The smallest absolute Gasteiger partial charge is 0.264 e. The van der Waals surface area contributed by atoms with E-state index in [9.17, 15) is 13.2 Å². The Hall–Kier alpha value is -3.45. The number of nitrogens with one attached hydrogen (secondary N) is 1. The maximum atomic E-state index is 13.1. The van der Waals surface area contributed by atoms with Crippen molar-refractivity contribution in [2.75, 3.05) is 0 Å². The van der Waals surface area contributed by atoms with E-state index in [0.717, 1.165) is 30.6 Å². The van der Waals surface area contributed by atoms with E-state index in [1.165, 1.54) is 54.3 Å². The van der Waals surface area contributed by atoms with Crippen LogP contribution in [0.3, 0.4) is 0 Å². The van der Waals surface area contributed by atoms with Gasteiger partial charge in [-0.15, -0.1) is 0 Å². The van der Waals surface area contributed by atoms with Gasteiger partial charge < -0.3 is 4.57 Å². The molecule has 2 aromatic heterocycles. The van der Waals surface area contributed by atoms with Gasteiger partial charge >= 0.3 is 0 Å². The van der Waals surface area contributed by atoms with Gasteiger partial charge in [0.15, 0.2) is 0 Å². The van der Waals surface area contributed by atoms with Gasteiger partial charge in [0.25, 0.3) is 5.91 Å². The highest BCUT2D eigenvalue weighted by molar-refractivity contribution is 7.89. The number of carbonyl (C=O) groups excluding carboxylic acids is 1. The first kappa shape index (κ1) is 23.9. The summed E-state index contributed by atoms with van der Waals surface area (Å²) in [7, 11) is -3.82. The lowest BCUT2D eigenvalue weighted by Crippen LogP contribution is -2.31. The maximum Gasteiger partial charge on any atom is 0.264 e. The molecule has 1 amide bonds. The summed E-state index contributed by atoms with van der Waals surface area (Å²) in [6, 6.07) is 18.7. The molecule has 1 N–H and O–H groups in total. The van der Waals surface area contributed by atoms with Crippen LogP contribution in [0.4, 0.5) is 0 Å². The molecule has 190 valence electrons. The second kappa shape index (κ2) is 9.78. The molecule has 1 aliphatic carbocycles. The number of benzene rings is 2. The van der Waals surface area contributed by atoms with Gasteiger partial charge in [0, 0.05) is 40.5 Å². The highest BCUT2D eigenvalue weighted by Gasteiger charge is 2.29. The molecule has 6 nitrogen and oxygen atoms in total. The molecule has 4 aromatic rings. The van der Waals surface area contributed by atoms with Crippen LogP contribution in [-0.4, -0.2) is 23.9 Å². The van der Waals surface area contributed by atoms with Gasteiger partial charge in [0.1, 0.15) is 0 Å². The number of hydrogen-bond donors (Lipinski definition) is 1. The molecule has 6 rings (SSSR count). The molecule has 0 radical (unpaired) electrons. The SMILES string of the molecule is O=C(NS(=O)(=O)Cc1ccccc1)c1ccc2c(C3CCCCC3)c3n(c2c1)CCCc1ncccc1-3. The van der Waals surface area contributed by atoms with Crippen LogP contribution in [-0.2, 0) is 28.7 Å². The summed E-state index contributed by atoms with van der Waals surface area (Å²) in [6.45, 7) is 0.840. The molecule has 1 aliphatic heterocycles. The monoisotopic (exact) mass is 513 g/mol. The fraction of sp³-hybridized carbons (Fsp3) is 0.333. The Bertz CT molecular complexity index is 1570. The van der Waals surface area contributed by atoms with E-state index in [4.69, 9.17) is 4.98 Å². The summed E-state index contributed by atoms with van der Waals surface area (Å²) in [4.78, 5) is 17.8. The second-order valence-electron chi connectivity index (χ2n) is 10.3. The highest BCUT2D eigenvalue weighted by atomic mass is 32.2. The minimum absolute atomic E-state index is 0.238. The van der Waals surface area contributed by atoms with Crippen LogP contribution in [0, 0.1) is 0 Å². The number of aryl methyl sites for hydroxylation is 2. The fourth-order valence-corrected chi connectivity index (χ4v) is 7.24. The van der Waals surface area contributed by atoms with Crippen molar-refractivity contribution < 1.29 is 13.2 Å². The Labute approximate surface area is 217 Å². The number of carbonyl (C=O) groups is 1. The molecule has 0 bridgehead atoms. The molecule has 0 spiro atoms. The standard InChI is InChI=1S/C30H31N3O3S/c34-30(32-37(35,36)20-21-9-3-1-4-10-21)23-15-16-25-27(19-23)33-18-8-14-26-24(13-7-17-31-26)29(33)28(25)22-11-5-2-6-12-22/h1,3-4,7,9-10,13,15-17,19,22H,2,5-6,8,11-12,14,18,20H2,(H,32,34). The molecular weight excluding hydrogens is 482 g/mol.